The topological polar surface area (TPSA) is 9.23 Å². The van der Waals surface area contributed by atoms with Crippen molar-refractivity contribution in [3.05, 3.63) is 46.0 Å². The van der Waals surface area contributed by atoms with Gasteiger partial charge in [0.25, 0.3) is 0 Å². The minimum absolute atomic E-state index is 0.216. The first-order valence-corrected chi connectivity index (χ1v) is 5.92. The van der Waals surface area contributed by atoms with Crippen LogP contribution in [0.2, 0.25) is 0 Å². The largest absolute Gasteiger partial charge is 0.488 e. The molecule has 0 N–H and O–H groups in total. The van der Waals surface area contributed by atoms with Crippen LogP contribution in [0.3, 0.4) is 0 Å². The second-order valence-electron chi connectivity index (χ2n) is 3.72. The van der Waals surface area contributed by atoms with Crippen molar-refractivity contribution in [3.8, 4) is 5.75 Å². The summed E-state index contributed by atoms with van der Waals surface area (Å²) in [6.07, 6.45) is 0. The molecular formula is C13H13FOS. The average Bonchev–Trinajstić information content (AvgIpc) is 2.26. The number of allylic oxidation sites excluding steroid dienone is 1. The van der Waals surface area contributed by atoms with Gasteiger partial charge in [0.15, 0.2) is 0 Å². The molecule has 1 aromatic rings. The van der Waals surface area contributed by atoms with Gasteiger partial charge in [0, 0.05) is 16.5 Å². The number of hydrogen-bond donors (Lipinski definition) is 0. The van der Waals surface area contributed by atoms with Crippen molar-refractivity contribution in [2.45, 2.75) is 13.8 Å². The van der Waals surface area contributed by atoms with Crippen LogP contribution >= 0.6 is 11.8 Å². The summed E-state index contributed by atoms with van der Waals surface area (Å²) < 4.78 is 18.9. The molecule has 1 aliphatic heterocycles. The van der Waals surface area contributed by atoms with Crippen LogP contribution in [0.5, 0.6) is 5.75 Å². The third-order valence-corrected chi connectivity index (χ3v) is 3.54. The van der Waals surface area contributed by atoms with Gasteiger partial charge in [-0.15, -0.1) is 0 Å². The molecule has 1 heterocycles. The fourth-order valence-corrected chi connectivity index (χ4v) is 2.32. The van der Waals surface area contributed by atoms with Gasteiger partial charge in [-0.25, -0.2) is 4.39 Å². The van der Waals surface area contributed by atoms with Crippen molar-refractivity contribution >= 4 is 17.3 Å². The highest BCUT2D eigenvalue weighted by atomic mass is 32.2. The first-order valence-electron chi connectivity index (χ1n) is 5.04. The number of hydrogen-bond acceptors (Lipinski definition) is 2. The molecule has 0 aliphatic carbocycles. The van der Waals surface area contributed by atoms with Gasteiger partial charge in [-0.05, 0) is 36.5 Å². The molecule has 84 valence electrons. The van der Waals surface area contributed by atoms with E-state index in [-0.39, 0.29) is 5.82 Å². The summed E-state index contributed by atoms with van der Waals surface area (Å²) in [6.45, 7) is 7.98. The summed E-state index contributed by atoms with van der Waals surface area (Å²) >= 11 is 1.56. The van der Waals surface area contributed by atoms with Crippen LogP contribution in [0.4, 0.5) is 4.39 Å². The lowest BCUT2D eigenvalue weighted by Crippen LogP contribution is -2.09. The van der Waals surface area contributed by atoms with Crippen molar-refractivity contribution < 1.29 is 9.13 Å². The number of aryl methyl sites for hydroxylation is 1. The number of thioether (sulfide) groups is 1. The van der Waals surface area contributed by atoms with Gasteiger partial charge in [0.1, 0.15) is 18.2 Å². The maximum absolute atomic E-state index is 13.4. The number of halogens is 1. The highest BCUT2D eigenvalue weighted by molar-refractivity contribution is 8.06. The summed E-state index contributed by atoms with van der Waals surface area (Å²) in [4.78, 5) is 1.13. The molecule has 0 amide bonds. The molecule has 1 aliphatic rings. The Morgan fingerprint density at radius 1 is 1.44 bits per heavy atom. The van der Waals surface area contributed by atoms with Gasteiger partial charge in [0.2, 0.25) is 0 Å². The smallest absolute Gasteiger partial charge is 0.130 e. The maximum Gasteiger partial charge on any atom is 0.130 e. The van der Waals surface area contributed by atoms with E-state index in [0.717, 1.165) is 16.0 Å². The van der Waals surface area contributed by atoms with E-state index in [0.29, 0.717) is 17.9 Å². The van der Waals surface area contributed by atoms with Crippen LogP contribution in [-0.2, 0) is 0 Å². The molecule has 0 spiro atoms. The van der Waals surface area contributed by atoms with E-state index in [1.165, 1.54) is 6.07 Å². The van der Waals surface area contributed by atoms with Gasteiger partial charge in [-0.2, -0.15) is 0 Å². The molecule has 0 saturated heterocycles. The normalized spacial score (nSPS) is 14.4. The Kier molecular flexibility index (Phi) is 3.06. The summed E-state index contributed by atoms with van der Waals surface area (Å²) in [7, 11) is 0. The molecule has 0 bridgehead atoms. The van der Waals surface area contributed by atoms with Crippen LogP contribution < -0.4 is 4.74 Å². The van der Waals surface area contributed by atoms with Gasteiger partial charge < -0.3 is 4.74 Å². The van der Waals surface area contributed by atoms with E-state index in [1.807, 2.05) is 13.0 Å². The maximum atomic E-state index is 13.4. The standard InChI is InChI=1S/C13H13FOS/c1-4-16-13-7-15-12-6-11(14)8(2)5-10(12)9(13)3/h4-6H,1,7H2,2-3H3. The predicted molar refractivity (Wildman–Crippen MR) is 67.0 cm³/mol. The highest BCUT2D eigenvalue weighted by Crippen LogP contribution is 2.38. The van der Waals surface area contributed by atoms with E-state index in [4.69, 9.17) is 4.74 Å². The lowest BCUT2D eigenvalue weighted by molar-refractivity contribution is 0.351. The Morgan fingerprint density at radius 3 is 2.88 bits per heavy atom. The molecule has 1 aromatic carbocycles. The molecule has 0 atom stereocenters. The van der Waals surface area contributed by atoms with E-state index in [2.05, 4.69) is 6.58 Å². The van der Waals surface area contributed by atoms with Crippen LogP contribution in [0.25, 0.3) is 5.57 Å². The lowest BCUT2D eigenvalue weighted by Gasteiger charge is -2.21. The first-order chi connectivity index (χ1) is 7.63. The minimum atomic E-state index is -0.216. The van der Waals surface area contributed by atoms with Crippen LogP contribution in [-0.4, -0.2) is 6.61 Å². The van der Waals surface area contributed by atoms with Crippen LogP contribution in [0.1, 0.15) is 18.1 Å². The average molecular weight is 236 g/mol. The van der Waals surface area contributed by atoms with E-state index >= 15 is 0 Å². The molecule has 2 rings (SSSR count). The molecule has 0 radical (unpaired) electrons. The Hall–Kier alpha value is -1.22. The molecule has 1 nitrogen and oxygen atoms in total. The third kappa shape index (κ3) is 1.87. The molecular weight excluding hydrogens is 223 g/mol. The van der Waals surface area contributed by atoms with E-state index in [1.54, 1.807) is 24.1 Å². The summed E-state index contributed by atoms with van der Waals surface area (Å²) in [5, 5.41) is 1.78. The predicted octanol–water partition coefficient (Wildman–Crippen LogP) is 4.13. The fraction of sp³-hybridized carbons (Fsp3) is 0.231. The molecule has 0 saturated carbocycles. The van der Waals surface area contributed by atoms with E-state index in [9.17, 15) is 4.39 Å². The number of fused-ring (bicyclic) bond motifs is 1. The number of rotatable bonds is 2. The minimum Gasteiger partial charge on any atom is -0.488 e. The third-order valence-electron chi connectivity index (χ3n) is 2.67. The SMILES string of the molecule is C=CSC1=C(C)c2cc(C)c(F)cc2OC1. The van der Waals surface area contributed by atoms with Gasteiger partial charge in [-0.1, -0.05) is 18.3 Å². The van der Waals surface area contributed by atoms with Crippen LogP contribution in [0, 0.1) is 12.7 Å². The Morgan fingerprint density at radius 2 is 2.19 bits per heavy atom. The number of ether oxygens (including phenoxy) is 1. The van der Waals surface area contributed by atoms with Crippen molar-refractivity contribution in [2.24, 2.45) is 0 Å². The molecule has 0 aromatic heterocycles. The van der Waals surface area contributed by atoms with Crippen molar-refractivity contribution in [3.63, 3.8) is 0 Å². The fourth-order valence-electron chi connectivity index (χ4n) is 1.70. The summed E-state index contributed by atoms with van der Waals surface area (Å²) in [5.41, 5.74) is 2.77. The van der Waals surface area contributed by atoms with Gasteiger partial charge in [0.05, 0.1) is 0 Å². The Bertz CT molecular complexity index is 477. The van der Waals surface area contributed by atoms with Gasteiger partial charge >= 0.3 is 0 Å². The molecule has 3 heteroatoms. The van der Waals surface area contributed by atoms with Crippen molar-refractivity contribution in [1.82, 2.24) is 0 Å². The number of benzene rings is 1. The van der Waals surface area contributed by atoms with E-state index < -0.39 is 0 Å². The first kappa shape index (κ1) is 11.3. The lowest BCUT2D eigenvalue weighted by atomic mass is 10.0. The van der Waals surface area contributed by atoms with Gasteiger partial charge in [-0.3, -0.25) is 0 Å². The zero-order valence-corrected chi connectivity index (χ0v) is 10.2. The highest BCUT2D eigenvalue weighted by Gasteiger charge is 2.18. The zero-order valence-electron chi connectivity index (χ0n) is 9.34. The second-order valence-corrected chi connectivity index (χ2v) is 4.78. The zero-order chi connectivity index (χ0) is 11.7. The monoisotopic (exact) mass is 236 g/mol. The summed E-state index contributed by atoms with van der Waals surface area (Å²) in [6, 6.07) is 3.30. The van der Waals surface area contributed by atoms with Crippen LogP contribution in [0.15, 0.2) is 29.0 Å². The van der Waals surface area contributed by atoms with Crippen molar-refractivity contribution in [1.29, 1.82) is 0 Å². The molecule has 16 heavy (non-hydrogen) atoms. The quantitative estimate of drug-likeness (QED) is 0.763. The molecule has 0 fully saturated rings. The van der Waals surface area contributed by atoms with Crippen molar-refractivity contribution in [2.75, 3.05) is 6.61 Å². The Labute approximate surface area is 99.0 Å². The second kappa shape index (κ2) is 4.34. The summed E-state index contributed by atoms with van der Waals surface area (Å²) in [5.74, 6) is 0.417. The Balaban J connectivity index is 2.53. The molecule has 0 unspecified atom stereocenters.